The first kappa shape index (κ1) is 19.3. The van der Waals surface area contributed by atoms with Gasteiger partial charge < -0.3 is 9.42 Å². The number of thioether (sulfide) groups is 1. The van der Waals surface area contributed by atoms with Crippen molar-refractivity contribution in [2.45, 2.75) is 49.9 Å². The summed E-state index contributed by atoms with van der Waals surface area (Å²) in [6, 6.07) is 7.77. The zero-order valence-electron chi connectivity index (χ0n) is 16.0. The zero-order chi connectivity index (χ0) is 19.5. The molecule has 1 atom stereocenters. The summed E-state index contributed by atoms with van der Waals surface area (Å²) < 4.78 is 7.52. The lowest BCUT2D eigenvalue weighted by Crippen LogP contribution is -2.22. The summed E-state index contributed by atoms with van der Waals surface area (Å²) in [5.41, 5.74) is 0.950. The molecule has 2 aromatic heterocycles. The Labute approximate surface area is 173 Å². The van der Waals surface area contributed by atoms with Crippen LogP contribution in [0.4, 0.5) is 5.95 Å². The van der Waals surface area contributed by atoms with Crippen molar-refractivity contribution in [3.63, 3.8) is 0 Å². The molecule has 0 bridgehead atoms. The fraction of sp³-hybridized carbons (Fsp3) is 0.474. The van der Waals surface area contributed by atoms with Gasteiger partial charge in [-0.15, -0.1) is 10.2 Å². The first-order valence-electron chi connectivity index (χ1n) is 9.61. The van der Waals surface area contributed by atoms with Crippen molar-refractivity contribution < 1.29 is 4.52 Å². The maximum atomic E-state index is 6.25. The molecule has 0 saturated carbocycles. The molecule has 28 heavy (non-hydrogen) atoms. The summed E-state index contributed by atoms with van der Waals surface area (Å²) in [5, 5.41) is 14.5. The summed E-state index contributed by atoms with van der Waals surface area (Å²) >= 11 is 7.81. The van der Waals surface area contributed by atoms with Gasteiger partial charge in [0.25, 0.3) is 0 Å². The number of rotatable bonds is 7. The van der Waals surface area contributed by atoms with E-state index >= 15 is 0 Å². The first-order valence-corrected chi connectivity index (χ1v) is 10.9. The van der Waals surface area contributed by atoms with Crippen LogP contribution in [0, 0.1) is 0 Å². The minimum Gasteiger partial charge on any atom is -0.341 e. The topological polar surface area (TPSA) is 72.9 Å². The normalized spacial score (nSPS) is 15.3. The fourth-order valence-electron chi connectivity index (χ4n) is 3.27. The molecule has 0 spiro atoms. The molecular weight excluding hydrogens is 396 g/mol. The second-order valence-electron chi connectivity index (χ2n) is 6.85. The van der Waals surface area contributed by atoms with Crippen LogP contribution < -0.4 is 4.90 Å². The Morgan fingerprint density at radius 3 is 2.82 bits per heavy atom. The van der Waals surface area contributed by atoms with Crippen molar-refractivity contribution in [3.05, 3.63) is 41.0 Å². The van der Waals surface area contributed by atoms with E-state index in [9.17, 15) is 0 Å². The molecule has 7 nitrogen and oxygen atoms in total. The van der Waals surface area contributed by atoms with Gasteiger partial charge in [-0.2, -0.15) is 4.98 Å². The number of benzene rings is 1. The molecule has 3 aromatic rings. The molecule has 1 aliphatic heterocycles. The number of aryl methyl sites for hydroxylation is 1. The van der Waals surface area contributed by atoms with Crippen molar-refractivity contribution in [1.29, 1.82) is 0 Å². The molecule has 148 valence electrons. The van der Waals surface area contributed by atoms with Gasteiger partial charge in [-0.1, -0.05) is 41.5 Å². The van der Waals surface area contributed by atoms with E-state index in [1.807, 2.05) is 31.2 Å². The van der Waals surface area contributed by atoms with Gasteiger partial charge >= 0.3 is 0 Å². The Morgan fingerprint density at radius 2 is 2.07 bits per heavy atom. The molecule has 3 heterocycles. The minimum absolute atomic E-state index is 0.0355. The number of halogens is 1. The lowest BCUT2D eigenvalue weighted by molar-refractivity contribution is 0.374. The van der Waals surface area contributed by atoms with Gasteiger partial charge in [0, 0.05) is 24.5 Å². The van der Waals surface area contributed by atoms with Crippen molar-refractivity contribution >= 4 is 29.3 Å². The molecule has 1 fully saturated rings. The third-order valence-corrected chi connectivity index (χ3v) is 5.92. The highest BCUT2D eigenvalue weighted by Gasteiger charge is 2.25. The van der Waals surface area contributed by atoms with E-state index in [0.29, 0.717) is 10.9 Å². The maximum Gasteiger partial charge on any atom is 0.239 e. The highest BCUT2D eigenvalue weighted by Crippen LogP contribution is 2.37. The third-order valence-electron chi connectivity index (χ3n) is 4.66. The largest absolute Gasteiger partial charge is 0.341 e. The number of aromatic nitrogens is 5. The van der Waals surface area contributed by atoms with Crippen LogP contribution in [0.25, 0.3) is 5.69 Å². The third kappa shape index (κ3) is 4.03. The Bertz CT molecular complexity index is 936. The molecule has 1 aromatic carbocycles. The zero-order valence-corrected chi connectivity index (χ0v) is 17.6. The lowest BCUT2D eigenvalue weighted by Gasteiger charge is -2.19. The van der Waals surface area contributed by atoms with Crippen molar-refractivity contribution in [3.8, 4) is 5.69 Å². The van der Waals surface area contributed by atoms with Crippen LogP contribution >= 0.6 is 23.4 Å². The molecule has 0 radical (unpaired) electrons. The highest BCUT2D eigenvalue weighted by molar-refractivity contribution is 7.99. The summed E-state index contributed by atoms with van der Waals surface area (Å²) in [6.07, 6.45) is 4.15. The maximum absolute atomic E-state index is 6.25. The number of hydrogen-bond acceptors (Lipinski definition) is 7. The standard InChI is InChI=1S/C19H23ClN6OS/c1-3-7-16-21-17(27-24-16)13(2)28-19-23-22-18(25-10-4-5-11-25)26(19)15-9-6-8-14(20)12-15/h6,8-9,12-13H,3-5,7,10-11H2,1-2H3. The van der Waals surface area contributed by atoms with Crippen LogP contribution in [-0.2, 0) is 6.42 Å². The Balaban J connectivity index is 1.66. The van der Waals surface area contributed by atoms with Crippen molar-refractivity contribution in [2.75, 3.05) is 18.0 Å². The number of anilines is 1. The smallest absolute Gasteiger partial charge is 0.239 e. The van der Waals surface area contributed by atoms with Crippen LogP contribution in [0.3, 0.4) is 0 Å². The lowest BCUT2D eigenvalue weighted by atomic mass is 10.3. The van der Waals surface area contributed by atoms with Crippen LogP contribution in [0.2, 0.25) is 5.02 Å². The predicted molar refractivity (Wildman–Crippen MR) is 110 cm³/mol. The van der Waals surface area contributed by atoms with Crippen molar-refractivity contribution in [1.82, 2.24) is 24.9 Å². The molecular formula is C19H23ClN6OS. The highest BCUT2D eigenvalue weighted by atomic mass is 35.5. The van der Waals surface area contributed by atoms with Gasteiger partial charge in [-0.3, -0.25) is 4.57 Å². The Morgan fingerprint density at radius 1 is 1.25 bits per heavy atom. The van der Waals surface area contributed by atoms with Crippen LogP contribution in [-0.4, -0.2) is 38.0 Å². The summed E-state index contributed by atoms with van der Waals surface area (Å²) in [4.78, 5) is 6.78. The fourth-order valence-corrected chi connectivity index (χ4v) is 4.35. The van der Waals surface area contributed by atoms with E-state index in [1.54, 1.807) is 11.8 Å². The van der Waals surface area contributed by atoms with E-state index in [2.05, 4.69) is 36.7 Å². The molecule has 1 unspecified atom stereocenters. The monoisotopic (exact) mass is 418 g/mol. The molecule has 1 aliphatic rings. The quantitative estimate of drug-likeness (QED) is 0.514. The second kappa shape index (κ2) is 8.53. The molecule has 0 aliphatic carbocycles. The summed E-state index contributed by atoms with van der Waals surface area (Å²) in [6.45, 7) is 6.12. The molecule has 1 saturated heterocycles. The molecule has 0 amide bonds. The van der Waals surface area contributed by atoms with Gasteiger partial charge in [0.15, 0.2) is 11.0 Å². The number of hydrogen-bond donors (Lipinski definition) is 0. The van der Waals surface area contributed by atoms with Gasteiger partial charge in [-0.25, -0.2) is 0 Å². The second-order valence-corrected chi connectivity index (χ2v) is 8.60. The van der Waals surface area contributed by atoms with Gasteiger partial charge in [0.1, 0.15) is 0 Å². The average molecular weight is 419 g/mol. The molecule has 9 heteroatoms. The Hall–Kier alpha value is -2.06. The molecule has 0 N–H and O–H groups in total. The van der Waals surface area contributed by atoms with E-state index in [1.165, 1.54) is 12.8 Å². The summed E-state index contributed by atoms with van der Waals surface area (Å²) in [5.74, 6) is 2.21. The summed E-state index contributed by atoms with van der Waals surface area (Å²) in [7, 11) is 0. The van der Waals surface area contributed by atoms with E-state index < -0.39 is 0 Å². The molecule has 4 rings (SSSR count). The number of nitrogens with zero attached hydrogens (tertiary/aromatic N) is 6. The van der Waals surface area contributed by atoms with Crippen LogP contribution in [0.5, 0.6) is 0 Å². The SMILES string of the molecule is CCCc1noc(C(C)Sc2nnc(N3CCCC3)n2-c2cccc(Cl)c2)n1. The van der Waals surface area contributed by atoms with Gasteiger partial charge in [0.2, 0.25) is 11.8 Å². The van der Waals surface area contributed by atoms with Gasteiger partial charge in [0.05, 0.1) is 10.9 Å². The Kier molecular flexibility index (Phi) is 5.87. The van der Waals surface area contributed by atoms with Crippen molar-refractivity contribution in [2.24, 2.45) is 0 Å². The van der Waals surface area contributed by atoms with E-state index in [4.69, 9.17) is 16.1 Å². The van der Waals surface area contributed by atoms with E-state index in [0.717, 1.165) is 48.5 Å². The minimum atomic E-state index is -0.0355. The van der Waals surface area contributed by atoms with Crippen LogP contribution in [0.1, 0.15) is 50.1 Å². The van der Waals surface area contributed by atoms with Crippen LogP contribution in [0.15, 0.2) is 33.9 Å². The average Bonchev–Trinajstić information content (AvgIpc) is 3.42. The van der Waals surface area contributed by atoms with E-state index in [-0.39, 0.29) is 5.25 Å². The van der Waals surface area contributed by atoms with Gasteiger partial charge in [-0.05, 0) is 44.4 Å². The first-order chi connectivity index (χ1) is 13.7. The predicted octanol–water partition coefficient (Wildman–Crippen LogP) is 4.71.